The molecule has 0 heterocycles. The summed E-state index contributed by atoms with van der Waals surface area (Å²) in [6.45, 7) is 4.25. The van der Waals surface area contributed by atoms with E-state index in [0.717, 1.165) is 18.6 Å². The zero-order chi connectivity index (χ0) is 10.3. The van der Waals surface area contributed by atoms with Gasteiger partial charge < -0.3 is 0 Å². The second-order valence-electron chi connectivity index (χ2n) is 3.24. The summed E-state index contributed by atoms with van der Waals surface area (Å²) < 4.78 is 0. The average molecular weight is 200 g/mol. The summed E-state index contributed by atoms with van der Waals surface area (Å²) in [7, 11) is 2.06. The molecule has 13 heavy (non-hydrogen) atoms. The van der Waals surface area contributed by atoms with Crippen LogP contribution in [0.2, 0.25) is 0 Å². The predicted octanol–water partition coefficient (Wildman–Crippen LogP) is 2.36. The Labute approximate surface area is 86.3 Å². The molecule has 0 rings (SSSR count). The van der Waals surface area contributed by atoms with Crippen LogP contribution in [0.4, 0.5) is 0 Å². The summed E-state index contributed by atoms with van der Waals surface area (Å²) in [6.07, 6.45) is 4.15. The van der Waals surface area contributed by atoms with Gasteiger partial charge in [0, 0.05) is 11.8 Å². The number of hydrogen-bond acceptors (Lipinski definition) is 3. The maximum absolute atomic E-state index is 8.91. The van der Waals surface area contributed by atoms with Crippen LogP contribution < -0.4 is 0 Å². The zero-order valence-electron chi connectivity index (χ0n) is 9.08. The van der Waals surface area contributed by atoms with Gasteiger partial charge >= 0.3 is 0 Å². The molecule has 0 amide bonds. The molecule has 0 fully saturated rings. The van der Waals surface area contributed by atoms with Gasteiger partial charge in [-0.3, -0.25) is 4.90 Å². The van der Waals surface area contributed by atoms with E-state index in [0.29, 0.717) is 6.04 Å². The molecule has 2 nitrogen and oxygen atoms in total. The van der Waals surface area contributed by atoms with E-state index in [1.54, 1.807) is 0 Å². The Morgan fingerprint density at radius 1 is 1.38 bits per heavy atom. The summed E-state index contributed by atoms with van der Waals surface area (Å²) in [6, 6.07) is 2.96. The van der Waals surface area contributed by atoms with Crippen molar-refractivity contribution < 1.29 is 0 Å². The van der Waals surface area contributed by atoms with Crippen LogP contribution in [0.15, 0.2) is 0 Å². The second-order valence-corrected chi connectivity index (χ2v) is 4.15. The van der Waals surface area contributed by atoms with Crippen LogP contribution in [0.1, 0.15) is 26.7 Å². The van der Waals surface area contributed by atoms with Crippen LogP contribution in [0, 0.1) is 11.3 Å². The Morgan fingerprint density at radius 2 is 2.00 bits per heavy atom. The molecule has 0 saturated heterocycles. The number of hydrogen-bond donors (Lipinski definition) is 0. The van der Waals surface area contributed by atoms with Crippen molar-refractivity contribution in [3.05, 3.63) is 0 Å². The van der Waals surface area contributed by atoms with Gasteiger partial charge in [-0.1, -0.05) is 13.8 Å². The Balaban J connectivity index is 4.17. The third kappa shape index (κ3) is 4.02. The number of thioether (sulfide) groups is 1. The number of nitriles is 1. The van der Waals surface area contributed by atoms with Gasteiger partial charge in [0.15, 0.2) is 0 Å². The van der Waals surface area contributed by atoms with Gasteiger partial charge in [0.1, 0.15) is 0 Å². The highest BCUT2D eigenvalue weighted by atomic mass is 32.2. The third-order valence-electron chi connectivity index (χ3n) is 2.43. The monoisotopic (exact) mass is 200 g/mol. The van der Waals surface area contributed by atoms with Crippen LogP contribution in [0.3, 0.4) is 0 Å². The number of rotatable bonds is 6. The van der Waals surface area contributed by atoms with Gasteiger partial charge in [0.05, 0.1) is 12.1 Å². The Kier molecular flexibility index (Phi) is 7.12. The molecule has 2 atom stereocenters. The SMILES string of the molecule is CCC(C#N)N(C)C(CC)CSC. The molecule has 0 bridgehead atoms. The maximum Gasteiger partial charge on any atom is 0.0975 e. The largest absolute Gasteiger partial charge is 0.287 e. The molecule has 0 aromatic carbocycles. The molecule has 76 valence electrons. The van der Waals surface area contributed by atoms with Crippen LogP contribution in [-0.2, 0) is 0 Å². The van der Waals surface area contributed by atoms with Gasteiger partial charge in [0.25, 0.3) is 0 Å². The lowest BCUT2D eigenvalue weighted by atomic mass is 10.1. The van der Waals surface area contributed by atoms with E-state index in [1.165, 1.54) is 0 Å². The van der Waals surface area contributed by atoms with Crippen LogP contribution in [0.5, 0.6) is 0 Å². The van der Waals surface area contributed by atoms with E-state index in [-0.39, 0.29) is 6.04 Å². The average Bonchev–Trinajstić information content (AvgIpc) is 2.15. The highest BCUT2D eigenvalue weighted by molar-refractivity contribution is 7.98. The summed E-state index contributed by atoms with van der Waals surface area (Å²) in [5, 5.41) is 8.91. The summed E-state index contributed by atoms with van der Waals surface area (Å²) in [4.78, 5) is 2.20. The first-order valence-corrected chi connectivity index (χ1v) is 6.21. The highest BCUT2D eigenvalue weighted by Crippen LogP contribution is 2.12. The number of nitrogens with zero attached hydrogens (tertiary/aromatic N) is 2. The Bertz CT molecular complexity index is 165. The first kappa shape index (κ1) is 12.8. The molecule has 3 heteroatoms. The molecule has 2 unspecified atom stereocenters. The minimum Gasteiger partial charge on any atom is -0.287 e. The summed E-state index contributed by atoms with van der Waals surface area (Å²) >= 11 is 1.85. The first-order valence-electron chi connectivity index (χ1n) is 4.81. The lowest BCUT2D eigenvalue weighted by Crippen LogP contribution is -2.40. The van der Waals surface area contributed by atoms with E-state index < -0.39 is 0 Å². The standard InChI is InChI=1S/C10H20N2S/c1-5-9(7-11)12(3)10(6-2)8-13-4/h9-10H,5-6,8H2,1-4H3. The Morgan fingerprint density at radius 3 is 2.31 bits per heavy atom. The normalized spacial score (nSPS) is 15.4. The van der Waals surface area contributed by atoms with Gasteiger partial charge in [-0.25, -0.2) is 0 Å². The molecule has 0 aromatic rings. The van der Waals surface area contributed by atoms with Crippen molar-refractivity contribution in [1.82, 2.24) is 4.90 Å². The molecular formula is C10H20N2S. The topological polar surface area (TPSA) is 27.0 Å². The molecule has 0 N–H and O–H groups in total. The predicted molar refractivity (Wildman–Crippen MR) is 59.9 cm³/mol. The van der Waals surface area contributed by atoms with Crippen molar-refractivity contribution in [2.75, 3.05) is 19.1 Å². The van der Waals surface area contributed by atoms with Crippen LogP contribution in [0.25, 0.3) is 0 Å². The van der Waals surface area contributed by atoms with E-state index in [9.17, 15) is 0 Å². The molecule has 0 aromatic heterocycles. The van der Waals surface area contributed by atoms with E-state index in [1.807, 2.05) is 11.8 Å². The van der Waals surface area contributed by atoms with Gasteiger partial charge in [0.2, 0.25) is 0 Å². The summed E-state index contributed by atoms with van der Waals surface area (Å²) in [5.41, 5.74) is 0. The van der Waals surface area contributed by atoms with E-state index in [2.05, 4.69) is 38.1 Å². The summed E-state index contributed by atoms with van der Waals surface area (Å²) in [5.74, 6) is 1.12. The second kappa shape index (κ2) is 7.23. The van der Waals surface area contributed by atoms with Crippen molar-refractivity contribution in [3.63, 3.8) is 0 Å². The lowest BCUT2D eigenvalue weighted by Gasteiger charge is -2.29. The molecule has 0 aliphatic carbocycles. The van der Waals surface area contributed by atoms with Gasteiger partial charge in [-0.05, 0) is 26.1 Å². The van der Waals surface area contributed by atoms with Crippen molar-refractivity contribution >= 4 is 11.8 Å². The molecule has 0 spiro atoms. The first-order chi connectivity index (χ1) is 6.21. The minimum absolute atomic E-state index is 0.0806. The van der Waals surface area contributed by atoms with Gasteiger partial charge in [-0.15, -0.1) is 0 Å². The lowest BCUT2D eigenvalue weighted by molar-refractivity contribution is 0.214. The Hall–Kier alpha value is -0.200. The maximum atomic E-state index is 8.91. The van der Waals surface area contributed by atoms with Crippen LogP contribution >= 0.6 is 11.8 Å². The van der Waals surface area contributed by atoms with Crippen molar-refractivity contribution in [1.29, 1.82) is 5.26 Å². The molecule has 0 saturated carbocycles. The van der Waals surface area contributed by atoms with Crippen LogP contribution in [-0.4, -0.2) is 36.0 Å². The smallest absolute Gasteiger partial charge is 0.0975 e. The van der Waals surface area contributed by atoms with E-state index >= 15 is 0 Å². The zero-order valence-corrected chi connectivity index (χ0v) is 9.90. The molecule has 0 radical (unpaired) electrons. The van der Waals surface area contributed by atoms with E-state index in [4.69, 9.17) is 5.26 Å². The third-order valence-corrected chi connectivity index (χ3v) is 3.15. The minimum atomic E-state index is 0.0806. The fourth-order valence-corrected chi connectivity index (χ4v) is 2.30. The fourth-order valence-electron chi connectivity index (χ4n) is 1.44. The van der Waals surface area contributed by atoms with Crippen molar-refractivity contribution in [2.45, 2.75) is 38.8 Å². The highest BCUT2D eigenvalue weighted by Gasteiger charge is 2.19. The van der Waals surface area contributed by atoms with Crippen molar-refractivity contribution in [3.8, 4) is 6.07 Å². The van der Waals surface area contributed by atoms with Crippen molar-refractivity contribution in [2.24, 2.45) is 0 Å². The molecule has 0 aliphatic rings. The van der Waals surface area contributed by atoms with Gasteiger partial charge in [-0.2, -0.15) is 17.0 Å². The quantitative estimate of drug-likeness (QED) is 0.658. The molecular weight excluding hydrogens is 180 g/mol. The molecule has 0 aliphatic heterocycles. The fraction of sp³-hybridized carbons (Fsp3) is 0.900.